The van der Waals surface area contributed by atoms with Gasteiger partial charge < -0.3 is 20.1 Å². The zero-order chi connectivity index (χ0) is 19.6. The standard InChI is InChI=1S/C20H30N4O2S.HI/c1-14-6-7-17(18(12-14)26-11-10-25-5)13-23-20(21-4)22-9-8-19-15(2)24-16(3)27-19;/h6-7,12H,8-11,13H2,1-5H3,(H2,21,22,23);1H. The Hall–Kier alpha value is -1.39. The van der Waals surface area contributed by atoms with Crippen LogP contribution in [0.4, 0.5) is 0 Å². The molecular weight excluding hydrogens is 487 g/mol. The van der Waals surface area contributed by atoms with E-state index >= 15 is 0 Å². The van der Waals surface area contributed by atoms with Crippen LogP contribution in [-0.4, -0.2) is 44.9 Å². The van der Waals surface area contributed by atoms with Crippen molar-refractivity contribution < 1.29 is 9.47 Å². The first-order valence-corrected chi connectivity index (χ1v) is 9.93. The van der Waals surface area contributed by atoms with Crippen LogP contribution in [0.3, 0.4) is 0 Å². The fourth-order valence-corrected chi connectivity index (χ4v) is 3.61. The van der Waals surface area contributed by atoms with Crippen molar-refractivity contribution in [2.24, 2.45) is 4.99 Å². The molecular formula is C20H31IN4O2S. The Labute approximate surface area is 189 Å². The molecule has 0 aliphatic carbocycles. The van der Waals surface area contributed by atoms with Gasteiger partial charge in [0.15, 0.2) is 5.96 Å². The monoisotopic (exact) mass is 518 g/mol. The lowest BCUT2D eigenvalue weighted by molar-refractivity contribution is 0.145. The van der Waals surface area contributed by atoms with Gasteiger partial charge in [0.2, 0.25) is 0 Å². The summed E-state index contributed by atoms with van der Waals surface area (Å²) in [6.07, 6.45) is 0.938. The molecule has 2 rings (SSSR count). The third-order valence-corrected chi connectivity index (χ3v) is 5.21. The molecule has 0 bridgehead atoms. The van der Waals surface area contributed by atoms with Crippen LogP contribution < -0.4 is 15.4 Å². The van der Waals surface area contributed by atoms with Crippen molar-refractivity contribution >= 4 is 41.3 Å². The number of guanidine groups is 1. The first-order valence-electron chi connectivity index (χ1n) is 9.12. The quantitative estimate of drug-likeness (QED) is 0.230. The number of aromatic nitrogens is 1. The number of aryl methyl sites for hydroxylation is 3. The van der Waals surface area contributed by atoms with Gasteiger partial charge >= 0.3 is 0 Å². The molecule has 0 fully saturated rings. The SMILES string of the molecule is CN=C(NCCc1sc(C)nc1C)NCc1ccc(C)cc1OCCOC.I. The number of nitrogens with zero attached hydrogens (tertiary/aromatic N) is 2. The molecule has 8 heteroatoms. The number of hydrogen-bond acceptors (Lipinski definition) is 5. The molecule has 0 aliphatic rings. The third-order valence-electron chi connectivity index (χ3n) is 4.08. The van der Waals surface area contributed by atoms with Crippen LogP contribution in [0.15, 0.2) is 23.2 Å². The Morgan fingerprint density at radius 1 is 1.18 bits per heavy atom. The number of methoxy groups -OCH3 is 1. The van der Waals surface area contributed by atoms with E-state index in [1.807, 2.05) is 6.92 Å². The topological polar surface area (TPSA) is 67.8 Å². The minimum absolute atomic E-state index is 0. The number of halogens is 1. The second kappa shape index (κ2) is 12.9. The second-order valence-corrected chi connectivity index (χ2v) is 7.58. The van der Waals surface area contributed by atoms with E-state index in [0.29, 0.717) is 19.8 Å². The fraction of sp³-hybridized carbons (Fsp3) is 0.500. The van der Waals surface area contributed by atoms with Crippen LogP contribution in [0.5, 0.6) is 5.75 Å². The number of rotatable bonds is 9. The second-order valence-electron chi connectivity index (χ2n) is 6.30. The molecule has 2 N–H and O–H groups in total. The molecule has 0 saturated heterocycles. The Kier molecular flexibility index (Phi) is 11.4. The van der Waals surface area contributed by atoms with E-state index < -0.39 is 0 Å². The van der Waals surface area contributed by atoms with E-state index in [9.17, 15) is 0 Å². The third kappa shape index (κ3) is 7.92. The van der Waals surface area contributed by atoms with Gasteiger partial charge in [0.25, 0.3) is 0 Å². The minimum Gasteiger partial charge on any atom is -0.491 e. The Morgan fingerprint density at radius 2 is 1.96 bits per heavy atom. The number of benzene rings is 1. The molecule has 0 amide bonds. The average molecular weight is 518 g/mol. The van der Waals surface area contributed by atoms with Crippen molar-refractivity contribution in [1.82, 2.24) is 15.6 Å². The lowest BCUT2D eigenvalue weighted by atomic mass is 10.1. The van der Waals surface area contributed by atoms with Gasteiger partial charge in [-0.3, -0.25) is 4.99 Å². The largest absolute Gasteiger partial charge is 0.491 e. The van der Waals surface area contributed by atoms with Crippen LogP contribution >= 0.6 is 35.3 Å². The fourth-order valence-electron chi connectivity index (χ4n) is 2.68. The lowest BCUT2D eigenvalue weighted by Gasteiger charge is -2.15. The predicted molar refractivity (Wildman–Crippen MR) is 127 cm³/mol. The van der Waals surface area contributed by atoms with E-state index in [2.05, 4.69) is 52.7 Å². The first kappa shape index (κ1) is 24.6. The summed E-state index contributed by atoms with van der Waals surface area (Å²) in [7, 11) is 3.45. The first-order chi connectivity index (χ1) is 13.0. The summed E-state index contributed by atoms with van der Waals surface area (Å²) in [6.45, 7) is 8.73. The van der Waals surface area contributed by atoms with E-state index in [-0.39, 0.29) is 24.0 Å². The number of nitrogens with one attached hydrogen (secondary N) is 2. The number of aliphatic imine (C=N–C) groups is 1. The zero-order valence-corrected chi connectivity index (χ0v) is 20.4. The highest BCUT2D eigenvalue weighted by Gasteiger charge is 2.07. The minimum atomic E-state index is 0. The van der Waals surface area contributed by atoms with Crippen LogP contribution in [0.2, 0.25) is 0 Å². The summed E-state index contributed by atoms with van der Waals surface area (Å²) in [5.41, 5.74) is 3.39. The van der Waals surface area contributed by atoms with Crippen LogP contribution in [-0.2, 0) is 17.7 Å². The molecule has 0 spiro atoms. The summed E-state index contributed by atoms with van der Waals surface area (Å²) in [5, 5.41) is 7.84. The van der Waals surface area contributed by atoms with Crippen molar-refractivity contribution in [2.45, 2.75) is 33.7 Å². The summed E-state index contributed by atoms with van der Waals surface area (Å²) in [5.74, 6) is 1.66. The summed E-state index contributed by atoms with van der Waals surface area (Å²) in [4.78, 5) is 10.1. The molecule has 156 valence electrons. The summed E-state index contributed by atoms with van der Waals surface area (Å²) in [6, 6.07) is 6.23. The normalized spacial score (nSPS) is 11.1. The van der Waals surface area contributed by atoms with Gasteiger partial charge in [0.1, 0.15) is 12.4 Å². The van der Waals surface area contributed by atoms with Crippen molar-refractivity contribution in [3.63, 3.8) is 0 Å². The maximum Gasteiger partial charge on any atom is 0.191 e. The molecule has 0 radical (unpaired) electrons. The van der Waals surface area contributed by atoms with Gasteiger partial charge in [0, 0.05) is 44.1 Å². The van der Waals surface area contributed by atoms with Crippen molar-refractivity contribution in [2.75, 3.05) is 33.9 Å². The van der Waals surface area contributed by atoms with Crippen molar-refractivity contribution in [1.29, 1.82) is 0 Å². The number of hydrogen-bond donors (Lipinski definition) is 2. The van der Waals surface area contributed by atoms with Gasteiger partial charge in [-0.15, -0.1) is 35.3 Å². The van der Waals surface area contributed by atoms with E-state index in [4.69, 9.17) is 9.47 Å². The van der Waals surface area contributed by atoms with Gasteiger partial charge in [-0.25, -0.2) is 4.98 Å². The highest BCUT2D eigenvalue weighted by molar-refractivity contribution is 14.0. The van der Waals surface area contributed by atoms with E-state index in [1.165, 1.54) is 10.4 Å². The Morgan fingerprint density at radius 3 is 2.61 bits per heavy atom. The lowest BCUT2D eigenvalue weighted by Crippen LogP contribution is -2.37. The Balaban J connectivity index is 0.00000392. The molecule has 0 saturated carbocycles. The van der Waals surface area contributed by atoms with Crippen LogP contribution in [0, 0.1) is 20.8 Å². The van der Waals surface area contributed by atoms with Gasteiger partial charge in [-0.1, -0.05) is 12.1 Å². The summed E-state index contributed by atoms with van der Waals surface area (Å²) < 4.78 is 10.9. The smallest absolute Gasteiger partial charge is 0.191 e. The van der Waals surface area contributed by atoms with Crippen molar-refractivity contribution in [3.8, 4) is 5.75 Å². The van der Waals surface area contributed by atoms with Crippen LogP contribution in [0.25, 0.3) is 0 Å². The molecule has 6 nitrogen and oxygen atoms in total. The van der Waals surface area contributed by atoms with Gasteiger partial charge in [-0.05, 0) is 32.4 Å². The molecule has 1 heterocycles. The number of thiazole rings is 1. The van der Waals surface area contributed by atoms with E-state index in [1.54, 1.807) is 25.5 Å². The maximum absolute atomic E-state index is 5.85. The Bertz CT molecular complexity index is 765. The van der Waals surface area contributed by atoms with Crippen LogP contribution in [0.1, 0.15) is 26.7 Å². The number of ether oxygens (including phenoxy) is 2. The average Bonchev–Trinajstić information content (AvgIpc) is 2.96. The van der Waals surface area contributed by atoms with E-state index in [0.717, 1.165) is 40.9 Å². The summed E-state index contributed by atoms with van der Waals surface area (Å²) >= 11 is 1.76. The van der Waals surface area contributed by atoms with Crippen molar-refractivity contribution in [3.05, 3.63) is 44.9 Å². The highest BCUT2D eigenvalue weighted by Crippen LogP contribution is 2.20. The highest BCUT2D eigenvalue weighted by atomic mass is 127. The molecule has 28 heavy (non-hydrogen) atoms. The predicted octanol–water partition coefficient (Wildman–Crippen LogP) is 3.62. The maximum atomic E-state index is 5.85. The molecule has 1 aromatic carbocycles. The zero-order valence-electron chi connectivity index (χ0n) is 17.3. The molecule has 2 aromatic rings. The molecule has 1 aromatic heterocycles. The molecule has 0 aliphatic heterocycles. The van der Waals surface area contributed by atoms with Gasteiger partial charge in [-0.2, -0.15) is 0 Å². The molecule has 0 unspecified atom stereocenters. The van der Waals surface area contributed by atoms with Gasteiger partial charge in [0.05, 0.1) is 17.3 Å². The molecule has 0 atom stereocenters.